The van der Waals surface area contributed by atoms with Crippen molar-refractivity contribution in [3.63, 3.8) is 0 Å². The van der Waals surface area contributed by atoms with Crippen LogP contribution in [0.2, 0.25) is 0 Å². The van der Waals surface area contributed by atoms with Crippen molar-refractivity contribution in [2.45, 2.75) is 51.9 Å². The van der Waals surface area contributed by atoms with Crippen molar-refractivity contribution >= 4 is 22.8 Å². The second-order valence-electron chi connectivity index (χ2n) is 10.0. The summed E-state index contributed by atoms with van der Waals surface area (Å²) in [6, 6.07) is 5.35. The number of aliphatic hydroxyl groups excluding tert-OH is 1. The van der Waals surface area contributed by atoms with Crippen LogP contribution < -0.4 is 15.0 Å². The third-order valence-corrected chi connectivity index (χ3v) is 7.91. The number of aliphatic hydroxyl groups is 2. The van der Waals surface area contributed by atoms with Gasteiger partial charge in [0, 0.05) is 35.7 Å². The largest absolute Gasteiger partial charge is 0.458 e. The van der Waals surface area contributed by atoms with Gasteiger partial charge in [0.25, 0.3) is 5.56 Å². The van der Waals surface area contributed by atoms with Crippen molar-refractivity contribution in [3.05, 3.63) is 50.8 Å². The molecule has 0 fully saturated rings. The van der Waals surface area contributed by atoms with Crippen LogP contribution in [0.5, 0.6) is 11.5 Å². The number of rotatable bonds is 7. The third-order valence-electron chi connectivity index (χ3n) is 7.91. The Labute approximate surface area is 223 Å². The van der Waals surface area contributed by atoms with Crippen molar-refractivity contribution in [2.75, 3.05) is 26.5 Å². The molecule has 2 aromatic heterocycles. The Hall–Kier alpha value is -3.96. The Bertz CT molecular complexity index is 1600. The summed E-state index contributed by atoms with van der Waals surface area (Å²) in [6.45, 7) is 4.08. The molecule has 6 rings (SSSR count). The summed E-state index contributed by atoms with van der Waals surface area (Å²) in [5, 5.41) is 21.5. The quantitative estimate of drug-likeness (QED) is 0.338. The minimum Gasteiger partial charge on any atom is -0.458 e. The van der Waals surface area contributed by atoms with E-state index in [1.165, 1.54) is 0 Å². The fraction of sp³-hybridized carbons (Fsp3) is 0.429. The van der Waals surface area contributed by atoms with Gasteiger partial charge in [0.2, 0.25) is 12.7 Å². The predicted octanol–water partition coefficient (Wildman–Crippen LogP) is 1.58. The van der Waals surface area contributed by atoms with Gasteiger partial charge < -0.3 is 33.9 Å². The first-order valence-electron chi connectivity index (χ1n) is 13.1. The Morgan fingerprint density at radius 2 is 1.87 bits per heavy atom. The number of fused-ring (bicyclic) bond motifs is 6. The second-order valence-corrected chi connectivity index (χ2v) is 10.0. The van der Waals surface area contributed by atoms with E-state index < -0.39 is 18.2 Å². The van der Waals surface area contributed by atoms with E-state index in [0.29, 0.717) is 47.9 Å². The zero-order valence-corrected chi connectivity index (χ0v) is 21.8. The lowest BCUT2D eigenvalue weighted by Crippen LogP contribution is -2.44. The van der Waals surface area contributed by atoms with Crippen LogP contribution in [-0.2, 0) is 39.5 Å². The summed E-state index contributed by atoms with van der Waals surface area (Å²) in [7, 11) is 0. The highest BCUT2D eigenvalue weighted by atomic mass is 16.7. The fourth-order valence-corrected chi connectivity index (χ4v) is 5.82. The third kappa shape index (κ3) is 3.79. The molecule has 0 saturated carbocycles. The van der Waals surface area contributed by atoms with Gasteiger partial charge in [0.15, 0.2) is 17.1 Å². The minimum absolute atomic E-state index is 0.0562. The molecule has 5 heterocycles. The maximum Gasteiger partial charge on any atom is 0.343 e. The Morgan fingerprint density at radius 3 is 2.59 bits per heavy atom. The molecule has 3 aliphatic heterocycles. The molecule has 0 aliphatic carbocycles. The molecule has 11 nitrogen and oxygen atoms in total. The van der Waals surface area contributed by atoms with Crippen LogP contribution in [0, 0.1) is 0 Å². The molecule has 0 radical (unpaired) electrons. The number of carbonyl (C=O) groups is 2. The maximum absolute atomic E-state index is 13.6. The van der Waals surface area contributed by atoms with Crippen molar-refractivity contribution in [2.24, 2.45) is 0 Å². The molecule has 3 aliphatic rings. The SMILES string of the molecule is CCCN(CCc1c2c(nc3cc4c(cc13)OCO4)-c1cc3c(c(=O)n1C2)COC(=O)C3(O)CC)C(=O)CO. The first kappa shape index (κ1) is 25.3. The zero-order valence-electron chi connectivity index (χ0n) is 21.8. The molecule has 11 heteroatoms. The number of amides is 1. The van der Waals surface area contributed by atoms with Gasteiger partial charge in [0.1, 0.15) is 13.2 Å². The summed E-state index contributed by atoms with van der Waals surface area (Å²) in [5.41, 5.74) is 1.69. The normalized spacial score (nSPS) is 18.5. The molecule has 1 atom stereocenters. The molecular weight excluding hydrogens is 506 g/mol. The van der Waals surface area contributed by atoms with Gasteiger partial charge in [-0.15, -0.1) is 0 Å². The van der Waals surface area contributed by atoms with Crippen LogP contribution >= 0.6 is 0 Å². The molecular formula is C28H29N3O8. The number of hydrogen-bond acceptors (Lipinski definition) is 9. The average Bonchev–Trinajstić information content (AvgIpc) is 3.55. The van der Waals surface area contributed by atoms with Crippen LogP contribution in [-0.4, -0.2) is 63.0 Å². The van der Waals surface area contributed by atoms with Gasteiger partial charge in [-0.1, -0.05) is 13.8 Å². The van der Waals surface area contributed by atoms with E-state index in [2.05, 4.69) is 0 Å². The van der Waals surface area contributed by atoms with Crippen LogP contribution in [0.4, 0.5) is 0 Å². The van der Waals surface area contributed by atoms with E-state index >= 15 is 0 Å². The summed E-state index contributed by atoms with van der Waals surface area (Å²) in [4.78, 5) is 45.1. The first-order valence-corrected chi connectivity index (χ1v) is 13.1. The van der Waals surface area contributed by atoms with Gasteiger partial charge in [0.05, 0.1) is 29.0 Å². The number of aromatic nitrogens is 2. The molecule has 1 unspecified atom stereocenters. The first-order chi connectivity index (χ1) is 18.8. The Kier molecular flexibility index (Phi) is 6.07. The smallest absolute Gasteiger partial charge is 0.343 e. The number of hydrogen-bond donors (Lipinski definition) is 2. The maximum atomic E-state index is 13.6. The summed E-state index contributed by atoms with van der Waals surface area (Å²) in [6.07, 6.45) is 1.25. The highest BCUT2D eigenvalue weighted by Crippen LogP contribution is 2.43. The van der Waals surface area contributed by atoms with Crippen LogP contribution in [0.1, 0.15) is 48.9 Å². The highest BCUT2D eigenvalue weighted by molar-refractivity contribution is 5.91. The molecule has 39 heavy (non-hydrogen) atoms. The van der Waals surface area contributed by atoms with E-state index in [1.54, 1.807) is 28.5 Å². The number of carbonyl (C=O) groups excluding carboxylic acids is 2. The van der Waals surface area contributed by atoms with E-state index in [9.17, 15) is 24.6 Å². The van der Waals surface area contributed by atoms with Crippen LogP contribution in [0.15, 0.2) is 23.0 Å². The average molecular weight is 536 g/mol. The standard InChI is InChI=1S/C28H29N3O8/c1-3-6-30(24(33)12-32)7-5-15-16-8-22-23(39-14-38-22)10-20(16)29-25-17(15)11-31-21(25)9-19-18(26(31)34)13-37-27(35)28(19,36)4-2/h8-10,32,36H,3-7,11-14H2,1-2H3. The van der Waals surface area contributed by atoms with Gasteiger partial charge in [-0.05, 0) is 37.0 Å². The molecule has 1 aromatic carbocycles. The Morgan fingerprint density at radius 1 is 1.10 bits per heavy atom. The van der Waals surface area contributed by atoms with Crippen molar-refractivity contribution in [1.82, 2.24) is 14.5 Å². The highest BCUT2D eigenvalue weighted by Gasteiger charge is 2.45. The van der Waals surface area contributed by atoms with E-state index in [1.807, 2.05) is 13.0 Å². The number of pyridine rings is 2. The van der Waals surface area contributed by atoms with Crippen LogP contribution in [0.3, 0.4) is 0 Å². The van der Waals surface area contributed by atoms with E-state index in [4.69, 9.17) is 19.2 Å². The van der Waals surface area contributed by atoms with Crippen molar-refractivity contribution in [1.29, 1.82) is 0 Å². The van der Waals surface area contributed by atoms with Crippen molar-refractivity contribution in [3.8, 4) is 22.9 Å². The summed E-state index contributed by atoms with van der Waals surface area (Å²) < 4.78 is 18.0. The monoisotopic (exact) mass is 535 g/mol. The van der Waals surface area contributed by atoms with Gasteiger partial charge >= 0.3 is 5.97 Å². The zero-order chi connectivity index (χ0) is 27.5. The van der Waals surface area contributed by atoms with E-state index in [-0.39, 0.29) is 49.0 Å². The molecule has 3 aromatic rings. The molecule has 1 amide bonds. The van der Waals surface area contributed by atoms with Gasteiger partial charge in [-0.25, -0.2) is 9.78 Å². The molecule has 0 bridgehead atoms. The predicted molar refractivity (Wildman–Crippen MR) is 138 cm³/mol. The number of nitrogens with zero attached hydrogens (tertiary/aromatic N) is 3. The van der Waals surface area contributed by atoms with Crippen molar-refractivity contribution < 1.29 is 34.0 Å². The Balaban J connectivity index is 1.54. The number of cyclic esters (lactones) is 1. The fourth-order valence-electron chi connectivity index (χ4n) is 5.82. The van der Waals surface area contributed by atoms with Gasteiger partial charge in [-0.2, -0.15) is 0 Å². The lowest BCUT2D eigenvalue weighted by atomic mass is 9.86. The van der Waals surface area contributed by atoms with Crippen LogP contribution in [0.25, 0.3) is 22.3 Å². The van der Waals surface area contributed by atoms with Gasteiger partial charge in [-0.3, -0.25) is 9.59 Å². The summed E-state index contributed by atoms with van der Waals surface area (Å²) in [5.74, 6) is 0.0340. The number of ether oxygens (including phenoxy) is 3. The minimum atomic E-state index is -1.91. The lowest BCUT2D eigenvalue weighted by molar-refractivity contribution is -0.172. The molecule has 204 valence electrons. The topological polar surface area (TPSA) is 140 Å². The second kappa shape index (κ2) is 9.35. The summed E-state index contributed by atoms with van der Waals surface area (Å²) >= 11 is 0. The molecule has 0 spiro atoms. The number of esters is 1. The lowest BCUT2D eigenvalue weighted by Gasteiger charge is -2.31. The molecule has 0 saturated heterocycles. The van der Waals surface area contributed by atoms with E-state index in [0.717, 1.165) is 22.9 Å². The number of benzene rings is 1. The molecule has 2 N–H and O–H groups in total.